The number of aryl methyl sites for hydroxylation is 1. The number of carbonyl (C=O) groups excluding carboxylic acids is 1. The molecule has 0 atom stereocenters. The van der Waals surface area contributed by atoms with Gasteiger partial charge in [-0.2, -0.15) is 0 Å². The van der Waals surface area contributed by atoms with Gasteiger partial charge in [-0.3, -0.25) is 9.78 Å². The smallest absolute Gasteiger partial charge is 0.155 e. The number of hydrogen-bond donors (Lipinski definition) is 1. The summed E-state index contributed by atoms with van der Waals surface area (Å²) < 4.78 is 5.93. The summed E-state index contributed by atoms with van der Waals surface area (Å²) in [7, 11) is 0. The van der Waals surface area contributed by atoms with Crippen molar-refractivity contribution in [1.82, 2.24) is 4.98 Å². The van der Waals surface area contributed by atoms with Crippen molar-refractivity contribution in [3.8, 4) is 11.3 Å². The molecule has 3 aromatic carbocycles. The van der Waals surface area contributed by atoms with Crippen molar-refractivity contribution in [3.63, 3.8) is 0 Å². The van der Waals surface area contributed by atoms with Gasteiger partial charge < -0.3 is 9.52 Å². The molecule has 1 radical (unpaired) electrons. The van der Waals surface area contributed by atoms with Crippen LogP contribution in [0.2, 0.25) is 0 Å². The van der Waals surface area contributed by atoms with Crippen LogP contribution in [-0.4, -0.2) is 15.9 Å². The van der Waals surface area contributed by atoms with Crippen LogP contribution in [0.15, 0.2) is 83.1 Å². The SMILES string of the molecule is CC(=O)/C=C(/C)O.Cc1cc2ccnc(-c3[c-]c4ccccc4c4ccccc34)c2o1.[Ir]. The number of aliphatic hydroxyl groups excluding tert-OH is 1. The number of allylic oxidation sites excluding steroid dienone is 2. The maximum absolute atomic E-state index is 10.0. The van der Waals surface area contributed by atoms with Gasteiger partial charge in [0.1, 0.15) is 11.3 Å². The van der Waals surface area contributed by atoms with E-state index in [1.807, 2.05) is 31.3 Å². The van der Waals surface area contributed by atoms with Crippen LogP contribution in [-0.2, 0) is 24.9 Å². The van der Waals surface area contributed by atoms with E-state index < -0.39 is 0 Å². The minimum atomic E-state index is -0.125. The minimum Gasteiger partial charge on any atom is -0.512 e. The van der Waals surface area contributed by atoms with Gasteiger partial charge in [-0.15, -0.1) is 17.5 Å². The van der Waals surface area contributed by atoms with E-state index in [1.165, 1.54) is 30.7 Å². The average molecular weight is 601 g/mol. The number of carbonyl (C=O) groups is 1. The largest absolute Gasteiger partial charge is 0.512 e. The molecule has 0 spiro atoms. The first kappa shape index (κ1) is 23.4. The van der Waals surface area contributed by atoms with Crippen LogP contribution in [0.25, 0.3) is 43.8 Å². The van der Waals surface area contributed by atoms with Gasteiger partial charge in [0, 0.05) is 43.5 Å². The normalized spacial score (nSPS) is 11.2. The first-order chi connectivity index (χ1) is 14.9. The molecule has 0 fully saturated rings. The van der Waals surface area contributed by atoms with E-state index in [9.17, 15) is 4.79 Å². The van der Waals surface area contributed by atoms with Gasteiger partial charge in [0.2, 0.25) is 0 Å². The zero-order valence-corrected chi connectivity index (χ0v) is 20.4. The molecule has 0 amide bonds. The molecular weight excluding hydrogens is 579 g/mol. The maximum atomic E-state index is 10.0. The molecule has 163 valence electrons. The number of rotatable bonds is 2. The quantitative estimate of drug-likeness (QED) is 0.103. The maximum Gasteiger partial charge on any atom is 0.155 e. The Morgan fingerprint density at radius 2 is 1.66 bits per heavy atom. The number of fused-ring (bicyclic) bond motifs is 4. The Bertz CT molecular complexity index is 1450. The van der Waals surface area contributed by atoms with Crippen molar-refractivity contribution >= 4 is 38.3 Å². The zero-order valence-electron chi connectivity index (χ0n) is 18.0. The van der Waals surface area contributed by atoms with Crippen LogP contribution >= 0.6 is 0 Å². The van der Waals surface area contributed by atoms with Gasteiger partial charge in [-0.05, 0) is 32.9 Å². The molecule has 2 aromatic heterocycles. The second-order valence-electron chi connectivity index (χ2n) is 7.42. The van der Waals surface area contributed by atoms with Gasteiger partial charge >= 0.3 is 0 Å². The Labute approximate surface area is 199 Å². The number of benzene rings is 3. The summed E-state index contributed by atoms with van der Waals surface area (Å²) in [6, 6.07) is 24.4. The van der Waals surface area contributed by atoms with E-state index in [4.69, 9.17) is 9.52 Å². The third kappa shape index (κ3) is 4.80. The van der Waals surface area contributed by atoms with E-state index in [0.717, 1.165) is 38.8 Å². The summed E-state index contributed by atoms with van der Waals surface area (Å²) in [6.07, 6.45) is 3.00. The summed E-state index contributed by atoms with van der Waals surface area (Å²) in [5.74, 6) is 0.830. The van der Waals surface area contributed by atoms with Crippen LogP contribution < -0.4 is 0 Å². The zero-order chi connectivity index (χ0) is 22.0. The minimum absolute atomic E-state index is 0. The fourth-order valence-electron chi connectivity index (χ4n) is 3.72. The number of hydrogen-bond acceptors (Lipinski definition) is 4. The number of pyridine rings is 1. The number of furan rings is 1. The first-order valence-electron chi connectivity index (χ1n) is 10.00. The Kier molecular flexibility index (Phi) is 7.24. The molecule has 5 rings (SSSR count). The summed E-state index contributed by atoms with van der Waals surface area (Å²) in [5.41, 5.74) is 2.67. The summed E-state index contributed by atoms with van der Waals surface area (Å²) >= 11 is 0. The topological polar surface area (TPSA) is 63.3 Å². The van der Waals surface area contributed by atoms with E-state index in [0.29, 0.717) is 0 Å². The van der Waals surface area contributed by atoms with Gasteiger partial charge in [-0.1, -0.05) is 64.2 Å². The van der Waals surface area contributed by atoms with Crippen LogP contribution in [0.3, 0.4) is 0 Å². The number of nitrogens with zero attached hydrogens (tertiary/aromatic N) is 1. The molecular formula is C27H22IrNO3-. The van der Waals surface area contributed by atoms with Crippen LogP contribution in [0.4, 0.5) is 0 Å². The molecule has 1 N–H and O–H groups in total. The first-order valence-corrected chi connectivity index (χ1v) is 10.00. The molecule has 5 aromatic rings. The molecule has 0 aliphatic rings. The van der Waals surface area contributed by atoms with E-state index in [-0.39, 0.29) is 31.6 Å². The monoisotopic (exact) mass is 601 g/mol. The second-order valence-corrected chi connectivity index (χ2v) is 7.42. The molecule has 0 aliphatic carbocycles. The molecule has 0 bridgehead atoms. The summed E-state index contributed by atoms with van der Waals surface area (Å²) in [5, 5.41) is 14.1. The second kappa shape index (κ2) is 9.90. The van der Waals surface area contributed by atoms with Crippen LogP contribution in [0.1, 0.15) is 19.6 Å². The third-order valence-corrected chi connectivity index (χ3v) is 4.88. The molecule has 0 saturated carbocycles. The van der Waals surface area contributed by atoms with Crippen LogP contribution in [0.5, 0.6) is 0 Å². The van der Waals surface area contributed by atoms with Gasteiger partial charge in [0.25, 0.3) is 0 Å². The molecule has 0 saturated heterocycles. The van der Waals surface area contributed by atoms with Crippen molar-refractivity contribution in [1.29, 1.82) is 0 Å². The van der Waals surface area contributed by atoms with Gasteiger partial charge in [0.05, 0.1) is 5.76 Å². The molecule has 32 heavy (non-hydrogen) atoms. The Morgan fingerprint density at radius 3 is 2.31 bits per heavy atom. The molecule has 5 heteroatoms. The summed E-state index contributed by atoms with van der Waals surface area (Å²) in [6.45, 7) is 4.81. The molecule has 0 unspecified atom stereocenters. The fourth-order valence-corrected chi connectivity index (χ4v) is 3.72. The predicted molar refractivity (Wildman–Crippen MR) is 125 cm³/mol. The predicted octanol–water partition coefficient (Wildman–Crippen LogP) is 6.94. The Balaban J connectivity index is 0.000000318. The third-order valence-electron chi connectivity index (χ3n) is 4.88. The van der Waals surface area contributed by atoms with Gasteiger partial charge in [0.15, 0.2) is 5.78 Å². The molecule has 0 aliphatic heterocycles. The standard InChI is InChI=1S/C22H14NO.C5H8O2.Ir/c1-14-12-16-10-11-23-21(22(16)24-14)20-13-15-6-2-3-7-17(15)18-8-4-5-9-19(18)20;1-4(6)3-5(2)7;/h2-12H,1H3;3,6H,1-2H3;/q-1;;/b;4-3-;. The van der Waals surface area contributed by atoms with Crippen molar-refractivity contribution in [3.05, 3.63) is 90.5 Å². The van der Waals surface area contributed by atoms with Crippen molar-refractivity contribution in [2.45, 2.75) is 20.8 Å². The fraction of sp³-hybridized carbons (Fsp3) is 0.111. The number of aliphatic hydroxyl groups is 1. The molecule has 4 nitrogen and oxygen atoms in total. The number of aromatic nitrogens is 1. The van der Waals surface area contributed by atoms with E-state index >= 15 is 0 Å². The van der Waals surface area contributed by atoms with Crippen molar-refractivity contribution < 1.29 is 34.4 Å². The van der Waals surface area contributed by atoms with Crippen molar-refractivity contribution in [2.24, 2.45) is 0 Å². The Morgan fingerprint density at radius 1 is 1.00 bits per heavy atom. The average Bonchev–Trinajstić information content (AvgIpc) is 3.13. The van der Waals surface area contributed by atoms with E-state index in [1.54, 1.807) is 0 Å². The summed E-state index contributed by atoms with van der Waals surface area (Å²) in [4.78, 5) is 14.6. The Hall–Kier alpha value is -3.27. The number of ketones is 1. The van der Waals surface area contributed by atoms with Crippen LogP contribution in [0, 0.1) is 13.0 Å². The van der Waals surface area contributed by atoms with Crippen molar-refractivity contribution in [2.75, 3.05) is 0 Å². The van der Waals surface area contributed by atoms with Gasteiger partial charge in [-0.25, -0.2) is 0 Å². The van der Waals surface area contributed by atoms with E-state index in [2.05, 4.69) is 53.5 Å². The molecule has 2 heterocycles.